The van der Waals surface area contributed by atoms with E-state index in [2.05, 4.69) is 31.3 Å². The fourth-order valence-electron chi connectivity index (χ4n) is 2.36. The minimum Gasteiger partial charge on any atom is -0.496 e. The third-order valence-corrected chi connectivity index (χ3v) is 3.82. The molecule has 1 aliphatic rings. The molecule has 2 rings (SSSR count). The highest BCUT2D eigenvalue weighted by Gasteiger charge is 2.37. The van der Waals surface area contributed by atoms with Gasteiger partial charge in [-0.2, -0.15) is 0 Å². The Bertz CT molecular complexity index is 436. The van der Waals surface area contributed by atoms with Gasteiger partial charge in [-0.3, -0.25) is 0 Å². The molecular formula is C15H23NO3. The van der Waals surface area contributed by atoms with Crippen molar-refractivity contribution in [2.75, 3.05) is 33.5 Å². The fraction of sp³-hybridized carbons (Fsp3) is 0.600. The number of nitrogens with one attached hydrogen (secondary N) is 1. The van der Waals surface area contributed by atoms with Crippen LogP contribution < -0.4 is 10.1 Å². The Morgan fingerprint density at radius 1 is 1.32 bits per heavy atom. The molecule has 4 nitrogen and oxygen atoms in total. The number of ether oxygens (including phenoxy) is 2. The molecule has 1 aromatic rings. The van der Waals surface area contributed by atoms with Crippen molar-refractivity contribution in [1.82, 2.24) is 5.32 Å². The van der Waals surface area contributed by atoms with Crippen molar-refractivity contribution >= 4 is 0 Å². The van der Waals surface area contributed by atoms with Crippen molar-refractivity contribution in [1.29, 1.82) is 0 Å². The predicted octanol–water partition coefficient (Wildman–Crippen LogP) is 1.41. The summed E-state index contributed by atoms with van der Waals surface area (Å²) < 4.78 is 10.5. The van der Waals surface area contributed by atoms with Crippen molar-refractivity contribution in [2.45, 2.75) is 20.4 Å². The quantitative estimate of drug-likeness (QED) is 0.816. The Hall–Kier alpha value is -1.10. The van der Waals surface area contributed by atoms with Gasteiger partial charge in [-0.25, -0.2) is 0 Å². The van der Waals surface area contributed by atoms with E-state index in [9.17, 15) is 5.11 Å². The van der Waals surface area contributed by atoms with Gasteiger partial charge >= 0.3 is 0 Å². The monoisotopic (exact) mass is 265 g/mol. The van der Waals surface area contributed by atoms with Crippen LogP contribution in [0.5, 0.6) is 5.75 Å². The van der Waals surface area contributed by atoms with Crippen LogP contribution in [0.3, 0.4) is 0 Å². The van der Waals surface area contributed by atoms with Gasteiger partial charge in [0.2, 0.25) is 0 Å². The van der Waals surface area contributed by atoms with E-state index in [1.165, 1.54) is 11.1 Å². The second-order valence-electron chi connectivity index (χ2n) is 5.50. The van der Waals surface area contributed by atoms with E-state index in [0.29, 0.717) is 13.2 Å². The Balaban J connectivity index is 1.94. The number of benzene rings is 1. The Kier molecular flexibility index (Phi) is 4.45. The zero-order chi connectivity index (χ0) is 13.9. The SMILES string of the molecule is COc1cc(C)c(CNCC2(CO)COC2)cc1C. The Morgan fingerprint density at radius 3 is 2.58 bits per heavy atom. The molecule has 0 aromatic heterocycles. The van der Waals surface area contributed by atoms with E-state index >= 15 is 0 Å². The zero-order valence-electron chi connectivity index (χ0n) is 12.0. The van der Waals surface area contributed by atoms with Gasteiger partial charge in [0, 0.05) is 13.1 Å². The molecule has 0 aliphatic carbocycles. The van der Waals surface area contributed by atoms with Crippen molar-refractivity contribution in [2.24, 2.45) is 5.41 Å². The van der Waals surface area contributed by atoms with Gasteiger partial charge in [0.15, 0.2) is 0 Å². The molecule has 0 atom stereocenters. The summed E-state index contributed by atoms with van der Waals surface area (Å²) in [6.07, 6.45) is 0. The topological polar surface area (TPSA) is 50.7 Å². The van der Waals surface area contributed by atoms with Gasteiger partial charge in [-0.1, -0.05) is 6.07 Å². The van der Waals surface area contributed by atoms with Gasteiger partial charge in [0.25, 0.3) is 0 Å². The summed E-state index contributed by atoms with van der Waals surface area (Å²) in [5.41, 5.74) is 3.56. The lowest BCUT2D eigenvalue weighted by Crippen LogP contribution is -2.52. The van der Waals surface area contributed by atoms with Gasteiger partial charge in [-0.05, 0) is 36.6 Å². The second kappa shape index (κ2) is 5.90. The summed E-state index contributed by atoms with van der Waals surface area (Å²) in [6, 6.07) is 4.23. The number of rotatable bonds is 6. The first-order valence-corrected chi connectivity index (χ1v) is 6.64. The maximum Gasteiger partial charge on any atom is 0.122 e. The van der Waals surface area contributed by atoms with Crippen LogP contribution in [0, 0.1) is 19.3 Å². The Morgan fingerprint density at radius 2 is 2.05 bits per heavy atom. The molecule has 1 fully saturated rings. The number of aliphatic hydroxyl groups is 1. The average Bonchev–Trinajstić information content (AvgIpc) is 2.36. The van der Waals surface area contributed by atoms with Gasteiger partial charge in [0.1, 0.15) is 5.75 Å². The van der Waals surface area contributed by atoms with Crippen LogP contribution in [0.1, 0.15) is 16.7 Å². The molecule has 2 N–H and O–H groups in total. The van der Waals surface area contributed by atoms with Crippen molar-refractivity contribution in [3.63, 3.8) is 0 Å². The first-order valence-electron chi connectivity index (χ1n) is 6.64. The van der Waals surface area contributed by atoms with Crippen LogP contribution in [0.4, 0.5) is 0 Å². The molecule has 19 heavy (non-hydrogen) atoms. The molecular weight excluding hydrogens is 242 g/mol. The number of aryl methyl sites for hydroxylation is 2. The predicted molar refractivity (Wildman–Crippen MR) is 74.5 cm³/mol. The van der Waals surface area contributed by atoms with Crippen LogP contribution >= 0.6 is 0 Å². The maximum atomic E-state index is 9.36. The highest BCUT2D eigenvalue weighted by molar-refractivity contribution is 5.41. The highest BCUT2D eigenvalue weighted by atomic mass is 16.5. The summed E-state index contributed by atoms with van der Waals surface area (Å²) in [4.78, 5) is 0. The molecule has 106 valence electrons. The van der Waals surface area contributed by atoms with E-state index in [0.717, 1.165) is 24.4 Å². The highest BCUT2D eigenvalue weighted by Crippen LogP contribution is 2.26. The summed E-state index contributed by atoms with van der Waals surface area (Å²) in [7, 11) is 1.70. The van der Waals surface area contributed by atoms with Crippen molar-refractivity contribution < 1.29 is 14.6 Å². The summed E-state index contributed by atoms with van der Waals surface area (Å²) in [5, 5.41) is 12.8. The smallest absolute Gasteiger partial charge is 0.122 e. The van der Waals surface area contributed by atoms with E-state index in [1.54, 1.807) is 7.11 Å². The van der Waals surface area contributed by atoms with Crippen LogP contribution in [0.2, 0.25) is 0 Å². The first-order chi connectivity index (χ1) is 9.10. The number of hydrogen-bond donors (Lipinski definition) is 2. The molecule has 0 bridgehead atoms. The zero-order valence-corrected chi connectivity index (χ0v) is 12.0. The molecule has 1 saturated heterocycles. The fourth-order valence-corrected chi connectivity index (χ4v) is 2.36. The molecule has 0 saturated carbocycles. The van der Waals surface area contributed by atoms with Gasteiger partial charge in [0.05, 0.1) is 32.3 Å². The molecule has 0 radical (unpaired) electrons. The molecule has 0 unspecified atom stereocenters. The lowest BCUT2D eigenvalue weighted by molar-refractivity contribution is -0.134. The number of methoxy groups -OCH3 is 1. The number of hydrogen-bond acceptors (Lipinski definition) is 4. The van der Waals surface area contributed by atoms with Gasteiger partial charge in [-0.15, -0.1) is 0 Å². The van der Waals surface area contributed by atoms with Crippen LogP contribution in [-0.4, -0.2) is 38.6 Å². The minimum atomic E-state index is -0.0740. The molecule has 4 heteroatoms. The van der Waals surface area contributed by atoms with Crippen molar-refractivity contribution in [3.8, 4) is 5.75 Å². The molecule has 0 spiro atoms. The average molecular weight is 265 g/mol. The third kappa shape index (κ3) is 3.08. The Labute approximate surface area is 114 Å². The van der Waals surface area contributed by atoms with Crippen LogP contribution in [-0.2, 0) is 11.3 Å². The molecule has 1 aromatic carbocycles. The third-order valence-electron chi connectivity index (χ3n) is 3.82. The summed E-state index contributed by atoms with van der Waals surface area (Å²) in [6.45, 7) is 7.21. The second-order valence-corrected chi connectivity index (χ2v) is 5.50. The minimum absolute atomic E-state index is 0.0740. The van der Waals surface area contributed by atoms with E-state index in [-0.39, 0.29) is 12.0 Å². The normalized spacial score (nSPS) is 17.1. The maximum absolute atomic E-state index is 9.36. The van der Waals surface area contributed by atoms with E-state index < -0.39 is 0 Å². The lowest BCUT2D eigenvalue weighted by Gasteiger charge is -2.40. The standard InChI is InChI=1S/C15H23NO3/c1-11-5-14(18-3)12(2)4-13(11)6-16-7-15(8-17)9-19-10-15/h4-5,16-17H,6-10H2,1-3H3. The molecule has 1 aliphatic heterocycles. The summed E-state index contributed by atoms with van der Waals surface area (Å²) in [5.74, 6) is 0.931. The molecule has 1 heterocycles. The first kappa shape index (κ1) is 14.3. The van der Waals surface area contributed by atoms with E-state index in [1.807, 2.05) is 0 Å². The van der Waals surface area contributed by atoms with Crippen LogP contribution in [0.25, 0.3) is 0 Å². The number of aliphatic hydroxyl groups excluding tert-OH is 1. The van der Waals surface area contributed by atoms with Crippen molar-refractivity contribution in [3.05, 3.63) is 28.8 Å². The molecule has 0 amide bonds. The van der Waals surface area contributed by atoms with Crippen LogP contribution in [0.15, 0.2) is 12.1 Å². The lowest BCUT2D eigenvalue weighted by atomic mass is 9.87. The van der Waals surface area contributed by atoms with E-state index in [4.69, 9.17) is 9.47 Å². The summed E-state index contributed by atoms with van der Waals surface area (Å²) >= 11 is 0. The van der Waals surface area contributed by atoms with Gasteiger partial charge < -0.3 is 19.9 Å². The largest absolute Gasteiger partial charge is 0.496 e.